The van der Waals surface area contributed by atoms with Gasteiger partial charge in [-0.25, -0.2) is 8.42 Å². The van der Waals surface area contributed by atoms with E-state index >= 15 is 0 Å². The maximum atomic E-state index is 14.1. The Kier molecular flexibility index (Phi) is 9.24. The van der Waals surface area contributed by atoms with Gasteiger partial charge in [0, 0.05) is 30.2 Å². The summed E-state index contributed by atoms with van der Waals surface area (Å²) in [6.45, 7) is 13.0. The topological polar surface area (TPSA) is 107 Å². The van der Waals surface area contributed by atoms with Crippen molar-refractivity contribution in [3.8, 4) is 11.3 Å². The number of carbonyl (C=O) groups is 1. The second-order valence-corrected chi connectivity index (χ2v) is 16.3. The Balaban J connectivity index is 1.25. The summed E-state index contributed by atoms with van der Waals surface area (Å²) in [5, 5.41) is 4.78. The number of H-pyrrole nitrogens is 1. The maximum Gasteiger partial charge on any atom is 0.234 e. The normalized spacial score (nSPS) is 18.9. The Morgan fingerprint density at radius 2 is 1.72 bits per heavy atom. The van der Waals surface area contributed by atoms with Crippen LogP contribution in [0.5, 0.6) is 0 Å². The van der Waals surface area contributed by atoms with Crippen molar-refractivity contribution >= 4 is 32.5 Å². The number of benzene rings is 2. The molecule has 47 heavy (non-hydrogen) atoms. The zero-order chi connectivity index (χ0) is 33.5. The van der Waals surface area contributed by atoms with Crippen molar-refractivity contribution in [2.45, 2.75) is 84.1 Å². The molecule has 0 unspecified atom stereocenters. The SMILES string of the molecule is Cc1cc(C)cc(-c2[nH]c3cnc(C(C)(C)C(=O)N4CC5CCC4CC5)cc3c2[C@H](C)CNCCc2ccc(NS(C)(=O)=O)cc2)c1. The number of sulfonamides is 1. The van der Waals surface area contributed by atoms with E-state index < -0.39 is 15.4 Å². The van der Waals surface area contributed by atoms with Gasteiger partial charge in [-0.1, -0.05) is 36.2 Å². The first kappa shape index (κ1) is 33.2. The number of hydrogen-bond donors (Lipinski definition) is 3. The number of nitrogens with one attached hydrogen (secondary N) is 3. The van der Waals surface area contributed by atoms with E-state index in [1.165, 1.54) is 29.5 Å². The molecule has 1 aliphatic carbocycles. The van der Waals surface area contributed by atoms with Crippen LogP contribution in [0.3, 0.4) is 0 Å². The van der Waals surface area contributed by atoms with Gasteiger partial charge in [0.1, 0.15) is 0 Å². The summed E-state index contributed by atoms with van der Waals surface area (Å²) >= 11 is 0. The van der Waals surface area contributed by atoms with Gasteiger partial charge in [-0.2, -0.15) is 0 Å². The molecule has 2 bridgehead atoms. The van der Waals surface area contributed by atoms with Crippen molar-refractivity contribution in [1.82, 2.24) is 20.2 Å². The second-order valence-electron chi connectivity index (χ2n) is 14.6. The number of carbonyl (C=O) groups excluding carboxylic acids is 1. The summed E-state index contributed by atoms with van der Waals surface area (Å²) in [5.41, 5.74) is 8.70. The number of aryl methyl sites for hydroxylation is 2. The van der Waals surface area contributed by atoms with E-state index in [1.54, 1.807) is 12.1 Å². The van der Waals surface area contributed by atoms with E-state index in [4.69, 9.17) is 4.98 Å². The van der Waals surface area contributed by atoms with Gasteiger partial charge >= 0.3 is 0 Å². The van der Waals surface area contributed by atoms with Crippen LogP contribution in [0.15, 0.2) is 54.7 Å². The van der Waals surface area contributed by atoms with E-state index in [0.717, 1.165) is 78.6 Å². The molecule has 7 rings (SSSR count). The zero-order valence-corrected chi connectivity index (χ0v) is 29.4. The van der Waals surface area contributed by atoms with Gasteiger partial charge in [-0.3, -0.25) is 14.5 Å². The molecule has 9 heteroatoms. The molecule has 0 spiro atoms. The lowest BCUT2D eigenvalue weighted by Gasteiger charge is -2.47. The van der Waals surface area contributed by atoms with Gasteiger partial charge in [0.15, 0.2) is 0 Å². The third-order valence-corrected chi connectivity index (χ3v) is 10.8. The maximum absolute atomic E-state index is 14.1. The van der Waals surface area contributed by atoms with Gasteiger partial charge in [-0.05, 0) is 125 Å². The van der Waals surface area contributed by atoms with Gasteiger partial charge < -0.3 is 15.2 Å². The first-order valence-corrected chi connectivity index (χ1v) is 18.9. The number of anilines is 1. The van der Waals surface area contributed by atoms with Gasteiger partial charge in [-0.15, -0.1) is 0 Å². The molecule has 3 N–H and O–H groups in total. The second kappa shape index (κ2) is 13.1. The summed E-state index contributed by atoms with van der Waals surface area (Å²) < 4.78 is 25.6. The molecule has 250 valence electrons. The van der Waals surface area contributed by atoms with Crippen molar-refractivity contribution in [2.24, 2.45) is 5.92 Å². The molecule has 4 aromatic rings. The Morgan fingerprint density at radius 1 is 1.04 bits per heavy atom. The van der Waals surface area contributed by atoms with Gasteiger partial charge in [0.2, 0.25) is 15.9 Å². The Morgan fingerprint density at radius 3 is 2.34 bits per heavy atom. The molecular weight excluding hydrogens is 607 g/mol. The highest BCUT2D eigenvalue weighted by molar-refractivity contribution is 7.92. The lowest BCUT2D eigenvalue weighted by molar-refractivity contribution is -0.144. The Labute approximate surface area is 279 Å². The van der Waals surface area contributed by atoms with Gasteiger partial charge in [0.25, 0.3) is 0 Å². The Bertz CT molecular complexity index is 1850. The predicted molar refractivity (Wildman–Crippen MR) is 191 cm³/mol. The summed E-state index contributed by atoms with van der Waals surface area (Å²) in [6, 6.07) is 16.7. The van der Waals surface area contributed by atoms with Crippen LogP contribution in [0.2, 0.25) is 0 Å². The van der Waals surface area contributed by atoms with Crippen LogP contribution in [0, 0.1) is 19.8 Å². The third-order valence-electron chi connectivity index (χ3n) is 10.2. The zero-order valence-electron chi connectivity index (χ0n) is 28.6. The number of aromatic amines is 1. The minimum atomic E-state index is -3.30. The molecule has 8 nitrogen and oxygen atoms in total. The highest BCUT2D eigenvalue weighted by atomic mass is 32.2. The van der Waals surface area contributed by atoms with Crippen molar-refractivity contribution in [2.75, 3.05) is 30.6 Å². The first-order valence-electron chi connectivity index (χ1n) is 17.0. The number of amides is 1. The molecule has 1 amide bonds. The number of nitrogens with zero attached hydrogens (tertiary/aromatic N) is 2. The van der Waals surface area contributed by atoms with Gasteiger partial charge in [0.05, 0.1) is 34.8 Å². The van der Waals surface area contributed by atoms with E-state index in [9.17, 15) is 13.2 Å². The van der Waals surface area contributed by atoms with Crippen molar-refractivity contribution < 1.29 is 13.2 Å². The largest absolute Gasteiger partial charge is 0.353 e. The predicted octanol–water partition coefficient (Wildman–Crippen LogP) is 6.83. The Hall–Kier alpha value is -3.69. The quantitative estimate of drug-likeness (QED) is 0.154. The van der Waals surface area contributed by atoms with E-state index in [2.05, 4.69) is 65.0 Å². The summed E-state index contributed by atoms with van der Waals surface area (Å²) in [4.78, 5) is 24.8. The summed E-state index contributed by atoms with van der Waals surface area (Å²) in [6.07, 6.45) is 8.63. The third kappa shape index (κ3) is 7.26. The fourth-order valence-corrected chi connectivity index (χ4v) is 8.27. The van der Waals surface area contributed by atoms with Crippen molar-refractivity contribution in [1.29, 1.82) is 0 Å². The minimum Gasteiger partial charge on any atom is -0.353 e. The highest BCUT2D eigenvalue weighted by Crippen LogP contribution is 2.40. The molecular formula is C38H49N5O3S. The van der Waals surface area contributed by atoms with Crippen LogP contribution in [0.25, 0.3) is 22.2 Å². The number of aromatic nitrogens is 2. The molecule has 2 aromatic carbocycles. The van der Waals surface area contributed by atoms with Crippen LogP contribution in [-0.4, -0.2) is 61.1 Å². The lowest BCUT2D eigenvalue weighted by Crippen LogP contribution is -2.55. The van der Waals surface area contributed by atoms with Crippen LogP contribution >= 0.6 is 0 Å². The monoisotopic (exact) mass is 655 g/mol. The number of piperidine rings is 2. The highest BCUT2D eigenvalue weighted by Gasteiger charge is 2.43. The smallest absolute Gasteiger partial charge is 0.234 e. The standard InChI is InChI=1S/C38H49N5O3S/c1-24-17-25(2)19-29(18-24)36-35(26(3)21-39-16-15-27-7-11-30(12-8-27)42-47(6,45)46)32-20-34(40-22-33(32)41-36)38(4,5)37(44)43-23-28-9-13-31(43)14-10-28/h7-8,11-12,17-20,22,26,28,31,39,41-42H,9-10,13-16,21,23H2,1-6H3/t26-,28?,31?/m1/s1. The fourth-order valence-electron chi connectivity index (χ4n) is 7.71. The average molecular weight is 656 g/mol. The molecule has 1 atom stereocenters. The first-order chi connectivity index (χ1) is 22.3. The van der Waals surface area contributed by atoms with Crippen LogP contribution < -0.4 is 10.0 Å². The molecule has 2 aromatic heterocycles. The average Bonchev–Trinajstić information content (AvgIpc) is 3.42. The van der Waals surface area contributed by atoms with Crippen LogP contribution in [0.1, 0.15) is 80.3 Å². The van der Waals surface area contributed by atoms with E-state index in [-0.39, 0.29) is 11.8 Å². The number of rotatable bonds is 11. The fraction of sp³-hybridized carbons (Fsp3) is 0.474. The molecule has 1 saturated carbocycles. The van der Waals surface area contributed by atoms with E-state index in [0.29, 0.717) is 17.6 Å². The van der Waals surface area contributed by atoms with Crippen LogP contribution in [0.4, 0.5) is 5.69 Å². The number of pyridine rings is 1. The lowest BCUT2D eigenvalue weighted by atomic mass is 9.77. The molecule has 3 fully saturated rings. The van der Waals surface area contributed by atoms with Crippen molar-refractivity contribution in [3.05, 3.63) is 82.7 Å². The molecule has 4 heterocycles. The molecule has 0 radical (unpaired) electrons. The summed E-state index contributed by atoms with van der Waals surface area (Å²) in [5.74, 6) is 1.00. The van der Waals surface area contributed by atoms with Crippen LogP contribution in [-0.2, 0) is 26.7 Å². The van der Waals surface area contributed by atoms with Crippen molar-refractivity contribution in [3.63, 3.8) is 0 Å². The minimum absolute atomic E-state index is 0.174. The molecule has 2 saturated heterocycles. The van der Waals surface area contributed by atoms with E-state index in [1.807, 2.05) is 32.2 Å². The summed E-state index contributed by atoms with van der Waals surface area (Å²) in [7, 11) is -3.30. The number of hydrogen-bond acceptors (Lipinski definition) is 5. The number of fused-ring (bicyclic) bond motifs is 4. The molecule has 2 aliphatic heterocycles. The molecule has 3 aliphatic rings.